The second-order valence-electron chi connectivity index (χ2n) is 5.30. The maximum absolute atomic E-state index is 12.1. The molecule has 112 valence electrons. The summed E-state index contributed by atoms with van der Waals surface area (Å²) in [7, 11) is 0. The van der Waals surface area contributed by atoms with Gasteiger partial charge in [0.25, 0.3) is 5.91 Å². The summed E-state index contributed by atoms with van der Waals surface area (Å²) in [6.07, 6.45) is 1.72. The Hall–Kier alpha value is -2.82. The van der Waals surface area contributed by atoms with E-state index in [1.807, 2.05) is 44.2 Å². The number of para-hydroxylation sites is 1. The van der Waals surface area contributed by atoms with Crippen molar-refractivity contribution in [1.82, 2.24) is 10.2 Å². The van der Waals surface area contributed by atoms with Crippen molar-refractivity contribution in [2.45, 2.75) is 13.8 Å². The number of hydrogen-bond donors (Lipinski definition) is 2. The van der Waals surface area contributed by atoms with Gasteiger partial charge < -0.3 is 10.1 Å². The van der Waals surface area contributed by atoms with Gasteiger partial charge in [0.1, 0.15) is 5.75 Å². The first kappa shape index (κ1) is 14.1. The van der Waals surface area contributed by atoms with Gasteiger partial charge in [0.15, 0.2) is 6.61 Å². The van der Waals surface area contributed by atoms with Crippen LogP contribution in [0.5, 0.6) is 5.75 Å². The number of amides is 1. The summed E-state index contributed by atoms with van der Waals surface area (Å²) in [6, 6.07) is 11.5. The number of anilines is 1. The minimum atomic E-state index is -0.207. The number of ether oxygens (including phenoxy) is 1. The molecule has 2 N–H and O–H groups in total. The predicted molar refractivity (Wildman–Crippen MR) is 86.1 cm³/mol. The van der Waals surface area contributed by atoms with Crippen molar-refractivity contribution in [2.24, 2.45) is 0 Å². The van der Waals surface area contributed by atoms with Crippen molar-refractivity contribution in [1.29, 1.82) is 0 Å². The van der Waals surface area contributed by atoms with Crippen LogP contribution < -0.4 is 10.1 Å². The molecular formula is C17H17N3O2. The summed E-state index contributed by atoms with van der Waals surface area (Å²) in [4.78, 5) is 12.1. The van der Waals surface area contributed by atoms with E-state index in [0.717, 1.165) is 22.0 Å². The van der Waals surface area contributed by atoms with E-state index in [-0.39, 0.29) is 12.5 Å². The zero-order valence-electron chi connectivity index (χ0n) is 12.5. The van der Waals surface area contributed by atoms with Crippen LogP contribution in [0, 0.1) is 13.8 Å². The molecule has 0 aliphatic carbocycles. The molecular weight excluding hydrogens is 278 g/mol. The fourth-order valence-corrected chi connectivity index (χ4v) is 2.42. The molecule has 0 atom stereocenters. The van der Waals surface area contributed by atoms with Crippen LogP contribution in [-0.4, -0.2) is 22.7 Å². The first-order valence-electron chi connectivity index (χ1n) is 7.05. The largest absolute Gasteiger partial charge is 0.484 e. The Morgan fingerprint density at radius 3 is 2.77 bits per heavy atom. The molecule has 2 aromatic carbocycles. The lowest BCUT2D eigenvalue weighted by molar-refractivity contribution is -0.118. The lowest BCUT2D eigenvalue weighted by Gasteiger charge is -2.09. The number of nitrogens with zero attached hydrogens (tertiary/aromatic N) is 1. The Bertz CT molecular complexity index is 803. The highest BCUT2D eigenvalue weighted by atomic mass is 16.5. The molecule has 0 saturated carbocycles. The molecule has 1 heterocycles. The van der Waals surface area contributed by atoms with Gasteiger partial charge in [0.05, 0.1) is 17.4 Å². The fourth-order valence-electron chi connectivity index (χ4n) is 2.42. The average Bonchev–Trinajstić information content (AvgIpc) is 2.94. The first-order valence-corrected chi connectivity index (χ1v) is 7.05. The highest BCUT2D eigenvalue weighted by molar-refractivity contribution is 6.00. The van der Waals surface area contributed by atoms with Crippen molar-refractivity contribution >= 4 is 22.5 Å². The maximum Gasteiger partial charge on any atom is 0.262 e. The number of nitrogens with one attached hydrogen (secondary N) is 2. The molecule has 22 heavy (non-hydrogen) atoms. The van der Waals surface area contributed by atoms with E-state index in [2.05, 4.69) is 21.6 Å². The van der Waals surface area contributed by atoms with Crippen molar-refractivity contribution in [2.75, 3.05) is 11.9 Å². The zero-order chi connectivity index (χ0) is 15.5. The zero-order valence-corrected chi connectivity index (χ0v) is 12.5. The number of aromatic amines is 1. The molecule has 0 bridgehead atoms. The van der Waals surface area contributed by atoms with Gasteiger partial charge in [-0.1, -0.05) is 18.2 Å². The Labute approximate surface area is 128 Å². The van der Waals surface area contributed by atoms with Crippen molar-refractivity contribution in [3.05, 3.63) is 53.7 Å². The van der Waals surface area contributed by atoms with Gasteiger partial charge in [-0.3, -0.25) is 9.89 Å². The van der Waals surface area contributed by atoms with Crippen LogP contribution in [0.2, 0.25) is 0 Å². The normalized spacial score (nSPS) is 10.6. The highest BCUT2D eigenvalue weighted by Crippen LogP contribution is 2.20. The molecule has 5 nitrogen and oxygen atoms in total. The van der Waals surface area contributed by atoms with Crippen molar-refractivity contribution < 1.29 is 9.53 Å². The minimum absolute atomic E-state index is 0.0343. The van der Waals surface area contributed by atoms with Crippen molar-refractivity contribution in [3.8, 4) is 5.75 Å². The van der Waals surface area contributed by atoms with E-state index in [1.54, 1.807) is 6.20 Å². The monoisotopic (exact) mass is 295 g/mol. The molecule has 0 radical (unpaired) electrons. The molecule has 0 aliphatic rings. The third kappa shape index (κ3) is 3.09. The number of carbonyl (C=O) groups is 1. The van der Waals surface area contributed by atoms with Crippen LogP contribution >= 0.6 is 0 Å². The smallest absolute Gasteiger partial charge is 0.262 e. The summed E-state index contributed by atoms with van der Waals surface area (Å²) in [5, 5.41) is 10.6. The summed E-state index contributed by atoms with van der Waals surface area (Å²) >= 11 is 0. The Morgan fingerprint density at radius 1 is 1.23 bits per heavy atom. The Kier molecular flexibility index (Phi) is 3.78. The topological polar surface area (TPSA) is 67.0 Å². The molecule has 0 spiro atoms. The number of aromatic nitrogens is 2. The van der Waals surface area contributed by atoms with Gasteiger partial charge in [-0.15, -0.1) is 0 Å². The summed E-state index contributed by atoms with van der Waals surface area (Å²) < 4.78 is 5.56. The van der Waals surface area contributed by atoms with Crippen molar-refractivity contribution in [3.63, 3.8) is 0 Å². The van der Waals surface area contributed by atoms with Gasteiger partial charge in [0, 0.05) is 5.39 Å². The third-order valence-corrected chi connectivity index (χ3v) is 3.32. The van der Waals surface area contributed by atoms with Crippen LogP contribution in [0.25, 0.3) is 10.9 Å². The first-order chi connectivity index (χ1) is 10.6. The number of rotatable bonds is 4. The fraction of sp³-hybridized carbons (Fsp3) is 0.176. The second kappa shape index (κ2) is 5.89. The van der Waals surface area contributed by atoms with Gasteiger partial charge in [-0.25, -0.2) is 0 Å². The lowest BCUT2D eigenvalue weighted by Crippen LogP contribution is -2.20. The van der Waals surface area contributed by atoms with Crippen LogP contribution in [0.1, 0.15) is 11.1 Å². The minimum Gasteiger partial charge on any atom is -0.484 e. The van der Waals surface area contributed by atoms with E-state index < -0.39 is 0 Å². The molecule has 0 saturated heterocycles. The number of aryl methyl sites for hydroxylation is 2. The van der Waals surface area contributed by atoms with Crippen LogP contribution in [0.3, 0.4) is 0 Å². The van der Waals surface area contributed by atoms with Crippen LogP contribution in [0.15, 0.2) is 42.6 Å². The summed E-state index contributed by atoms with van der Waals surface area (Å²) in [6.45, 7) is 3.96. The maximum atomic E-state index is 12.1. The molecule has 0 unspecified atom stereocenters. The standard InChI is InChI=1S/C17H17N3O2/c1-11-6-12(2)8-14(7-11)22-10-16(21)19-15-5-3-4-13-9-18-20-17(13)15/h3-9H,10H2,1-2H3,(H,18,20)(H,19,21). The number of H-pyrrole nitrogens is 1. The number of hydrogen-bond acceptors (Lipinski definition) is 3. The van der Waals surface area contributed by atoms with Crippen LogP contribution in [-0.2, 0) is 4.79 Å². The van der Waals surface area contributed by atoms with Gasteiger partial charge in [-0.2, -0.15) is 5.10 Å². The van der Waals surface area contributed by atoms with E-state index in [0.29, 0.717) is 11.4 Å². The molecule has 5 heteroatoms. The average molecular weight is 295 g/mol. The number of carbonyl (C=O) groups excluding carboxylic acids is 1. The molecule has 3 rings (SSSR count). The molecule has 0 fully saturated rings. The summed E-state index contributed by atoms with van der Waals surface area (Å²) in [5.74, 6) is 0.494. The summed E-state index contributed by atoms with van der Waals surface area (Å²) in [5.41, 5.74) is 3.72. The van der Waals surface area contributed by atoms with Gasteiger partial charge in [-0.05, 0) is 43.2 Å². The van der Waals surface area contributed by atoms with E-state index in [4.69, 9.17) is 4.74 Å². The third-order valence-electron chi connectivity index (χ3n) is 3.32. The second-order valence-corrected chi connectivity index (χ2v) is 5.30. The van der Waals surface area contributed by atoms with Crippen LogP contribution in [0.4, 0.5) is 5.69 Å². The molecule has 1 aromatic heterocycles. The number of fused-ring (bicyclic) bond motifs is 1. The number of benzene rings is 2. The van der Waals surface area contributed by atoms with Gasteiger partial charge in [0.2, 0.25) is 0 Å². The highest BCUT2D eigenvalue weighted by Gasteiger charge is 2.08. The molecule has 0 aliphatic heterocycles. The Balaban J connectivity index is 1.66. The van der Waals surface area contributed by atoms with E-state index in [1.165, 1.54) is 0 Å². The quantitative estimate of drug-likeness (QED) is 0.776. The predicted octanol–water partition coefficient (Wildman–Crippen LogP) is 3.20. The molecule has 3 aromatic rings. The SMILES string of the molecule is Cc1cc(C)cc(OCC(=O)Nc2cccc3cn[nH]c23)c1. The van der Waals surface area contributed by atoms with Gasteiger partial charge >= 0.3 is 0 Å². The van der Waals surface area contributed by atoms with E-state index >= 15 is 0 Å². The lowest BCUT2D eigenvalue weighted by atomic mass is 10.1. The van der Waals surface area contributed by atoms with E-state index in [9.17, 15) is 4.79 Å². The molecule has 1 amide bonds. The Morgan fingerprint density at radius 2 is 2.00 bits per heavy atom.